The maximum Gasteiger partial charge on any atom is 0.272 e. The maximum atomic E-state index is 13.2. The predicted octanol–water partition coefficient (Wildman–Crippen LogP) is 2.96. The number of aryl methyl sites for hydroxylation is 1. The molecule has 1 saturated heterocycles. The molecular weight excluding hydrogens is 380 g/mol. The molecule has 1 saturated carbocycles. The predicted molar refractivity (Wildman–Crippen MR) is 114 cm³/mol. The van der Waals surface area contributed by atoms with Crippen LogP contribution in [0.5, 0.6) is 0 Å². The molecule has 4 rings (SSSR count). The molecule has 2 amide bonds. The van der Waals surface area contributed by atoms with Gasteiger partial charge in [0.1, 0.15) is 0 Å². The van der Waals surface area contributed by atoms with Crippen LogP contribution in [0, 0.1) is 5.41 Å². The van der Waals surface area contributed by atoms with Crippen molar-refractivity contribution in [3.63, 3.8) is 0 Å². The summed E-state index contributed by atoms with van der Waals surface area (Å²) in [4.78, 5) is 27.7. The Morgan fingerprint density at radius 1 is 1.13 bits per heavy atom. The van der Waals surface area contributed by atoms with Crippen LogP contribution in [0.2, 0.25) is 0 Å². The molecule has 1 spiro atoms. The van der Waals surface area contributed by atoms with E-state index in [2.05, 4.69) is 22.2 Å². The lowest BCUT2D eigenvalue weighted by Crippen LogP contribution is -2.53. The Labute approximate surface area is 179 Å². The van der Waals surface area contributed by atoms with Crippen LogP contribution in [-0.2, 0) is 29.6 Å². The first-order valence-electron chi connectivity index (χ1n) is 11.6. The summed E-state index contributed by atoms with van der Waals surface area (Å²) < 4.78 is 8.22. The number of rotatable bonds is 4. The second-order valence-electron chi connectivity index (χ2n) is 9.72. The Hall–Kier alpha value is -1.89. The highest BCUT2D eigenvalue weighted by atomic mass is 16.5. The zero-order valence-electron chi connectivity index (χ0n) is 18.8. The number of nitrogens with zero attached hydrogens (tertiary/aromatic N) is 3. The van der Waals surface area contributed by atoms with Crippen LogP contribution in [0.15, 0.2) is 0 Å². The first kappa shape index (κ1) is 21.3. The van der Waals surface area contributed by atoms with Crippen molar-refractivity contribution in [2.75, 3.05) is 19.6 Å². The number of nitrogens with one attached hydrogen (secondary N) is 1. The van der Waals surface area contributed by atoms with Crippen LogP contribution in [0.1, 0.15) is 87.0 Å². The van der Waals surface area contributed by atoms with Crippen LogP contribution >= 0.6 is 0 Å². The third-order valence-corrected chi connectivity index (χ3v) is 7.47. The Morgan fingerprint density at radius 2 is 1.83 bits per heavy atom. The minimum absolute atomic E-state index is 0.116. The van der Waals surface area contributed by atoms with E-state index in [9.17, 15) is 9.59 Å². The Kier molecular flexibility index (Phi) is 5.93. The van der Waals surface area contributed by atoms with Gasteiger partial charge in [0.25, 0.3) is 5.91 Å². The van der Waals surface area contributed by atoms with Crippen molar-refractivity contribution < 1.29 is 14.3 Å². The molecule has 0 bridgehead atoms. The lowest BCUT2D eigenvalue weighted by Gasteiger charge is -2.46. The van der Waals surface area contributed by atoms with E-state index >= 15 is 0 Å². The van der Waals surface area contributed by atoms with Crippen molar-refractivity contribution >= 4 is 11.8 Å². The molecule has 166 valence electrons. The second-order valence-corrected chi connectivity index (χ2v) is 9.72. The molecule has 1 aliphatic carbocycles. The fraction of sp³-hybridized carbons (Fsp3) is 0.783. The van der Waals surface area contributed by atoms with Crippen LogP contribution < -0.4 is 5.32 Å². The Morgan fingerprint density at radius 3 is 2.50 bits per heavy atom. The highest BCUT2D eigenvalue weighted by Gasteiger charge is 2.45. The highest BCUT2D eigenvalue weighted by Crippen LogP contribution is 2.41. The third kappa shape index (κ3) is 3.88. The van der Waals surface area contributed by atoms with Gasteiger partial charge in [-0.05, 0) is 32.1 Å². The van der Waals surface area contributed by atoms with Gasteiger partial charge in [0.2, 0.25) is 5.91 Å². The quantitative estimate of drug-likeness (QED) is 0.819. The van der Waals surface area contributed by atoms with Gasteiger partial charge in [0.05, 0.1) is 12.2 Å². The van der Waals surface area contributed by atoms with Crippen molar-refractivity contribution in [2.24, 2.45) is 12.5 Å². The lowest BCUT2D eigenvalue weighted by molar-refractivity contribution is -0.152. The first-order valence-corrected chi connectivity index (χ1v) is 11.6. The fourth-order valence-electron chi connectivity index (χ4n) is 5.43. The molecule has 3 heterocycles. The molecule has 0 unspecified atom stereocenters. The number of fused-ring (bicyclic) bond motifs is 1. The molecule has 1 N–H and O–H groups in total. The third-order valence-electron chi connectivity index (χ3n) is 7.47. The Bertz CT molecular complexity index is 802. The van der Waals surface area contributed by atoms with Gasteiger partial charge >= 0.3 is 0 Å². The molecule has 2 fully saturated rings. The number of carbonyl (C=O) groups excluding carboxylic acids is 2. The summed E-state index contributed by atoms with van der Waals surface area (Å²) in [6.07, 6.45) is 8.97. The summed E-state index contributed by atoms with van der Waals surface area (Å²) in [5.41, 5.74) is 2.09. The van der Waals surface area contributed by atoms with Crippen LogP contribution in [0.25, 0.3) is 0 Å². The van der Waals surface area contributed by atoms with Crippen molar-refractivity contribution in [2.45, 2.75) is 83.8 Å². The zero-order valence-corrected chi connectivity index (χ0v) is 18.8. The van der Waals surface area contributed by atoms with Crippen molar-refractivity contribution in [1.82, 2.24) is 20.0 Å². The summed E-state index contributed by atoms with van der Waals surface area (Å²) in [5, 5.41) is 7.42. The van der Waals surface area contributed by atoms with Gasteiger partial charge in [-0.15, -0.1) is 0 Å². The highest BCUT2D eigenvalue weighted by molar-refractivity contribution is 5.94. The standard InChI is InChI=1S/C23H36N4O3/c1-4-12-24-20(28)19-17-16-30-23(15-18(17)26(3)25-19)10-13-27(14-11-23)21(29)22(2)8-6-5-7-9-22/h4-16H2,1-3H3,(H,24,28). The number of piperidine rings is 1. The Balaban J connectivity index is 1.42. The topological polar surface area (TPSA) is 76.5 Å². The normalized spacial score (nSPS) is 22.6. The van der Waals surface area contributed by atoms with E-state index in [4.69, 9.17) is 4.74 Å². The van der Waals surface area contributed by atoms with Crippen molar-refractivity contribution in [3.8, 4) is 0 Å². The summed E-state index contributed by atoms with van der Waals surface area (Å²) in [7, 11) is 1.91. The fourth-order valence-corrected chi connectivity index (χ4v) is 5.43. The van der Waals surface area contributed by atoms with E-state index in [0.717, 1.165) is 62.9 Å². The second kappa shape index (κ2) is 8.33. The van der Waals surface area contributed by atoms with Gasteiger partial charge in [-0.2, -0.15) is 5.10 Å². The van der Waals surface area contributed by atoms with Crippen molar-refractivity contribution in [1.29, 1.82) is 0 Å². The van der Waals surface area contributed by atoms with Gasteiger partial charge in [-0.25, -0.2) is 0 Å². The van der Waals surface area contributed by atoms with E-state index in [-0.39, 0.29) is 16.9 Å². The lowest BCUT2D eigenvalue weighted by atomic mass is 9.74. The van der Waals surface area contributed by atoms with E-state index < -0.39 is 0 Å². The number of hydrogen-bond donors (Lipinski definition) is 1. The molecule has 3 aliphatic rings. The molecule has 0 radical (unpaired) electrons. The molecule has 2 aliphatic heterocycles. The molecule has 1 aromatic rings. The molecule has 30 heavy (non-hydrogen) atoms. The van der Waals surface area contributed by atoms with Crippen LogP contribution in [0.3, 0.4) is 0 Å². The molecule has 0 atom stereocenters. The average molecular weight is 417 g/mol. The number of likely N-dealkylation sites (tertiary alicyclic amines) is 1. The number of carbonyl (C=O) groups is 2. The number of ether oxygens (including phenoxy) is 1. The first-order chi connectivity index (χ1) is 14.4. The smallest absolute Gasteiger partial charge is 0.272 e. The SMILES string of the molecule is CCCNC(=O)c1nn(C)c2c1COC1(CCN(C(=O)C3(C)CCCCC3)CC1)C2. The number of aromatic nitrogens is 2. The molecular formula is C23H36N4O3. The summed E-state index contributed by atoms with van der Waals surface area (Å²) in [6.45, 7) is 6.77. The van der Waals surface area contributed by atoms with Gasteiger partial charge in [0.15, 0.2) is 5.69 Å². The van der Waals surface area contributed by atoms with Crippen LogP contribution in [0.4, 0.5) is 0 Å². The molecule has 7 nitrogen and oxygen atoms in total. The minimum atomic E-state index is -0.248. The number of amides is 2. The van der Waals surface area contributed by atoms with E-state index in [1.54, 1.807) is 0 Å². The van der Waals surface area contributed by atoms with Gasteiger partial charge < -0.3 is 15.0 Å². The summed E-state index contributed by atoms with van der Waals surface area (Å²) in [5.74, 6) is 0.221. The molecule has 1 aromatic heterocycles. The zero-order chi connectivity index (χ0) is 21.4. The monoisotopic (exact) mass is 416 g/mol. The van der Waals surface area contributed by atoms with E-state index in [1.807, 2.05) is 18.7 Å². The van der Waals surface area contributed by atoms with E-state index in [1.165, 1.54) is 19.3 Å². The molecule has 7 heteroatoms. The maximum absolute atomic E-state index is 13.2. The van der Waals surface area contributed by atoms with Gasteiger partial charge in [0, 0.05) is 49.8 Å². The van der Waals surface area contributed by atoms with Gasteiger partial charge in [-0.1, -0.05) is 33.1 Å². The minimum Gasteiger partial charge on any atom is -0.370 e. The average Bonchev–Trinajstić information content (AvgIpc) is 3.08. The number of hydrogen-bond acceptors (Lipinski definition) is 4. The summed E-state index contributed by atoms with van der Waals surface area (Å²) >= 11 is 0. The van der Waals surface area contributed by atoms with Gasteiger partial charge in [-0.3, -0.25) is 14.3 Å². The molecule has 0 aromatic carbocycles. The van der Waals surface area contributed by atoms with E-state index in [0.29, 0.717) is 24.8 Å². The van der Waals surface area contributed by atoms with Crippen molar-refractivity contribution in [3.05, 3.63) is 17.0 Å². The summed E-state index contributed by atoms with van der Waals surface area (Å²) in [6, 6.07) is 0. The largest absolute Gasteiger partial charge is 0.370 e. The van der Waals surface area contributed by atoms with Crippen LogP contribution in [-0.4, -0.2) is 51.7 Å².